The molecule has 0 fully saturated rings. The number of halogens is 1. The standard InChI is InChI=1S/C22H21ClN2O4/c1-3-29-20(27)14-15-5-4-6-16(13-15)22(2,28)21-19(26)11-12-25(24-21)18-9-7-17(23)8-10-18/h4-13,28H,3,14H2,1-2H3. The molecule has 29 heavy (non-hydrogen) atoms. The molecule has 7 heteroatoms. The number of nitrogens with zero attached hydrogens (tertiary/aromatic N) is 2. The SMILES string of the molecule is CCOC(=O)Cc1cccc(C(C)(O)c2nn(-c3ccc(Cl)cc3)ccc2=O)c1. The van der Waals surface area contributed by atoms with Crippen LogP contribution in [0.25, 0.3) is 5.69 Å². The molecule has 0 radical (unpaired) electrons. The highest BCUT2D eigenvalue weighted by Gasteiger charge is 2.31. The van der Waals surface area contributed by atoms with Crippen molar-refractivity contribution in [1.29, 1.82) is 0 Å². The minimum atomic E-state index is -1.66. The van der Waals surface area contributed by atoms with Crippen molar-refractivity contribution in [3.8, 4) is 5.69 Å². The molecular formula is C22H21ClN2O4. The van der Waals surface area contributed by atoms with Crippen LogP contribution in [0.2, 0.25) is 5.02 Å². The minimum Gasteiger partial charge on any atom is -0.466 e. The van der Waals surface area contributed by atoms with Gasteiger partial charge in [-0.05, 0) is 49.2 Å². The topological polar surface area (TPSA) is 81.4 Å². The first-order valence-electron chi connectivity index (χ1n) is 9.15. The summed E-state index contributed by atoms with van der Waals surface area (Å²) in [5.41, 5.74) is -0.244. The zero-order valence-electron chi connectivity index (χ0n) is 16.1. The van der Waals surface area contributed by atoms with Crippen LogP contribution < -0.4 is 5.43 Å². The molecule has 0 saturated carbocycles. The summed E-state index contributed by atoms with van der Waals surface area (Å²) >= 11 is 5.93. The van der Waals surface area contributed by atoms with Gasteiger partial charge in [0.2, 0.25) is 5.43 Å². The van der Waals surface area contributed by atoms with Gasteiger partial charge < -0.3 is 9.84 Å². The lowest BCUT2D eigenvalue weighted by molar-refractivity contribution is -0.142. The molecule has 0 spiro atoms. The maximum Gasteiger partial charge on any atom is 0.310 e. The van der Waals surface area contributed by atoms with E-state index in [-0.39, 0.29) is 18.1 Å². The fraction of sp³-hybridized carbons (Fsp3) is 0.227. The third-order valence-electron chi connectivity index (χ3n) is 4.50. The zero-order valence-corrected chi connectivity index (χ0v) is 16.9. The fourth-order valence-electron chi connectivity index (χ4n) is 2.98. The van der Waals surface area contributed by atoms with Gasteiger partial charge in [0.05, 0.1) is 18.7 Å². The maximum absolute atomic E-state index is 12.5. The smallest absolute Gasteiger partial charge is 0.310 e. The van der Waals surface area contributed by atoms with Crippen molar-refractivity contribution in [2.24, 2.45) is 0 Å². The lowest BCUT2D eigenvalue weighted by atomic mass is 9.90. The quantitative estimate of drug-likeness (QED) is 0.628. The molecule has 3 rings (SSSR count). The van der Waals surface area contributed by atoms with Crippen molar-refractivity contribution in [3.05, 3.63) is 92.9 Å². The van der Waals surface area contributed by atoms with Crippen LogP contribution in [0.5, 0.6) is 0 Å². The van der Waals surface area contributed by atoms with Crippen molar-refractivity contribution in [2.75, 3.05) is 6.61 Å². The Labute approximate surface area is 173 Å². The van der Waals surface area contributed by atoms with E-state index in [1.165, 1.54) is 23.9 Å². The second-order valence-corrected chi connectivity index (χ2v) is 7.14. The van der Waals surface area contributed by atoms with Crippen LogP contribution >= 0.6 is 11.6 Å². The Morgan fingerprint density at radius 3 is 2.62 bits per heavy atom. The Morgan fingerprint density at radius 2 is 1.93 bits per heavy atom. The number of esters is 1. The number of hydrogen-bond acceptors (Lipinski definition) is 5. The van der Waals surface area contributed by atoms with E-state index in [1.54, 1.807) is 55.5 Å². The summed E-state index contributed by atoms with van der Waals surface area (Å²) in [6, 6.07) is 15.2. The van der Waals surface area contributed by atoms with E-state index in [0.717, 1.165) is 0 Å². The first kappa shape index (κ1) is 20.8. The van der Waals surface area contributed by atoms with Crippen molar-refractivity contribution >= 4 is 17.6 Å². The van der Waals surface area contributed by atoms with Crippen LogP contribution in [-0.2, 0) is 21.6 Å². The number of aromatic nitrogens is 2. The molecule has 1 N–H and O–H groups in total. The van der Waals surface area contributed by atoms with E-state index in [4.69, 9.17) is 16.3 Å². The van der Waals surface area contributed by atoms with Crippen molar-refractivity contribution in [3.63, 3.8) is 0 Å². The van der Waals surface area contributed by atoms with Gasteiger partial charge in [0, 0.05) is 17.3 Å². The van der Waals surface area contributed by atoms with E-state index in [0.29, 0.717) is 28.4 Å². The number of benzene rings is 2. The van der Waals surface area contributed by atoms with Gasteiger partial charge in [0.15, 0.2) is 0 Å². The lowest BCUT2D eigenvalue weighted by Gasteiger charge is -2.24. The van der Waals surface area contributed by atoms with Gasteiger partial charge in [0.1, 0.15) is 11.3 Å². The van der Waals surface area contributed by atoms with Crippen molar-refractivity contribution in [1.82, 2.24) is 9.78 Å². The maximum atomic E-state index is 12.5. The van der Waals surface area contributed by atoms with Gasteiger partial charge in [-0.1, -0.05) is 35.9 Å². The van der Waals surface area contributed by atoms with E-state index in [1.807, 2.05) is 0 Å². The number of carbonyl (C=O) groups excluding carboxylic acids is 1. The molecular weight excluding hydrogens is 392 g/mol. The molecule has 150 valence electrons. The highest BCUT2D eigenvalue weighted by Crippen LogP contribution is 2.27. The molecule has 2 aromatic carbocycles. The van der Waals surface area contributed by atoms with Gasteiger partial charge in [-0.3, -0.25) is 9.59 Å². The number of carbonyl (C=O) groups is 1. The summed E-state index contributed by atoms with van der Waals surface area (Å²) in [4.78, 5) is 24.3. The summed E-state index contributed by atoms with van der Waals surface area (Å²) in [5.74, 6) is -0.354. The average molecular weight is 413 g/mol. The van der Waals surface area contributed by atoms with Crippen LogP contribution in [0.4, 0.5) is 0 Å². The van der Waals surface area contributed by atoms with Crippen LogP contribution in [0.15, 0.2) is 65.6 Å². The van der Waals surface area contributed by atoms with Crippen LogP contribution in [-0.4, -0.2) is 27.5 Å². The largest absolute Gasteiger partial charge is 0.466 e. The second kappa shape index (κ2) is 8.59. The van der Waals surface area contributed by atoms with Gasteiger partial charge >= 0.3 is 5.97 Å². The van der Waals surface area contributed by atoms with Crippen LogP contribution in [0, 0.1) is 0 Å². The summed E-state index contributed by atoms with van der Waals surface area (Å²) in [6.07, 6.45) is 1.61. The predicted molar refractivity (Wildman–Crippen MR) is 110 cm³/mol. The van der Waals surface area contributed by atoms with Crippen LogP contribution in [0.3, 0.4) is 0 Å². The monoisotopic (exact) mass is 412 g/mol. The van der Waals surface area contributed by atoms with E-state index >= 15 is 0 Å². The minimum absolute atomic E-state index is 0.0248. The van der Waals surface area contributed by atoms with E-state index < -0.39 is 11.0 Å². The second-order valence-electron chi connectivity index (χ2n) is 6.70. The van der Waals surface area contributed by atoms with E-state index in [9.17, 15) is 14.7 Å². The molecule has 1 unspecified atom stereocenters. The molecule has 6 nitrogen and oxygen atoms in total. The fourth-order valence-corrected chi connectivity index (χ4v) is 3.11. The predicted octanol–water partition coefficient (Wildman–Crippen LogP) is 3.25. The lowest BCUT2D eigenvalue weighted by Crippen LogP contribution is -2.33. The first-order chi connectivity index (χ1) is 13.8. The summed E-state index contributed by atoms with van der Waals surface area (Å²) < 4.78 is 6.48. The molecule has 3 aromatic rings. The average Bonchev–Trinajstić information content (AvgIpc) is 2.69. The molecule has 1 aromatic heterocycles. The summed E-state index contributed by atoms with van der Waals surface area (Å²) in [6.45, 7) is 3.55. The van der Waals surface area contributed by atoms with Crippen molar-refractivity contribution in [2.45, 2.75) is 25.9 Å². The number of hydrogen-bond donors (Lipinski definition) is 1. The van der Waals surface area contributed by atoms with E-state index in [2.05, 4.69) is 5.10 Å². The van der Waals surface area contributed by atoms with Gasteiger partial charge in [-0.25, -0.2) is 4.68 Å². The zero-order chi connectivity index (χ0) is 21.0. The first-order valence-corrected chi connectivity index (χ1v) is 9.53. The highest BCUT2D eigenvalue weighted by atomic mass is 35.5. The van der Waals surface area contributed by atoms with Gasteiger partial charge in [-0.2, -0.15) is 5.10 Å². The third kappa shape index (κ3) is 4.72. The number of ether oxygens (including phenoxy) is 1. The normalized spacial score (nSPS) is 13.0. The number of rotatable bonds is 6. The Hall–Kier alpha value is -2.96. The van der Waals surface area contributed by atoms with Crippen molar-refractivity contribution < 1.29 is 14.6 Å². The highest BCUT2D eigenvalue weighted by molar-refractivity contribution is 6.30. The third-order valence-corrected chi connectivity index (χ3v) is 4.76. The molecule has 0 aliphatic carbocycles. The molecule has 0 saturated heterocycles. The molecule has 1 heterocycles. The summed E-state index contributed by atoms with van der Waals surface area (Å²) in [7, 11) is 0. The van der Waals surface area contributed by atoms with Gasteiger partial charge in [-0.15, -0.1) is 0 Å². The Balaban J connectivity index is 1.99. The molecule has 0 aliphatic rings. The Morgan fingerprint density at radius 1 is 1.21 bits per heavy atom. The number of aliphatic hydroxyl groups is 1. The molecule has 1 atom stereocenters. The van der Waals surface area contributed by atoms with Gasteiger partial charge in [0.25, 0.3) is 0 Å². The molecule has 0 amide bonds. The molecule has 0 bridgehead atoms. The Kier molecular flexibility index (Phi) is 6.15. The van der Waals surface area contributed by atoms with Crippen LogP contribution in [0.1, 0.15) is 30.7 Å². The Bertz CT molecular complexity index is 1070. The summed E-state index contributed by atoms with van der Waals surface area (Å²) in [5, 5.41) is 16.1. The molecule has 0 aliphatic heterocycles.